The van der Waals surface area contributed by atoms with E-state index in [-0.39, 0.29) is 4.90 Å². The Balaban J connectivity index is 2.12. The first-order valence-electron chi connectivity index (χ1n) is 7.52. The minimum Gasteiger partial charge on any atom is -0.444 e. The van der Waals surface area contributed by atoms with Gasteiger partial charge in [-0.3, -0.25) is 0 Å². The number of hydrogen-bond donors (Lipinski definition) is 1. The Kier molecular flexibility index (Phi) is 5.05. The quantitative estimate of drug-likeness (QED) is 0.864. The van der Waals surface area contributed by atoms with E-state index in [1.54, 1.807) is 30.6 Å². The van der Waals surface area contributed by atoms with Gasteiger partial charge >= 0.3 is 6.09 Å². The number of carbonyl (C=O) groups excluding carboxylic acids is 1. The van der Waals surface area contributed by atoms with Crippen molar-refractivity contribution in [2.24, 2.45) is 5.14 Å². The van der Waals surface area contributed by atoms with E-state index >= 15 is 0 Å². The van der Waals surface area contributed by atoms with Crippen molar-refractivity contribution in [2.75, 3.05) is 31.1 Å². The average molecular weight is 359 g/mol. The van der Waals surface area contributed by atoms with Gasteiger partial charge in [0.25, 0.3) is 0 Å². The summed E-state index contributed by atoms with van der Waals surface area (Å²) in [7, 11) is -4.05. The van der Waals surface area contributed by atoms with Gasteiger partial charge in [0.2, 0.25) is 10.0 Å². The van der Waals surface area contributed by atoms with Gasteiger partial charge in [0.05, 0.1) is 5.69 Å². The van der Waals surface area contributed by atoms with Crippen LogP contribution in [0.2, 0.25) is 0 Å². The predicted molar refractivity (Wildman–Crippen MR) is 87.8 cm³/mol. The van der Waals surface area contributed by atoms with Gasteiger partial charge in [0.1, 0.15) is 16.3 Å². The molecule has 0 aliphatic carbocycles. The number of nitrogens with two attached hydrogens (primary N) is 1. The fraction of sp³-hybridized carbons (Fsp3) is 0.533. The Morgan fingerprint density at radius 2 is 1.79 bits per heavy atom. The van der Waals surface area contributed by atoms with Gasteiger partial charge < -0.3 is 14.5 Å². The topological polar surface area (TPSA) is 92.9 Å². The fourth-order valence-corrected chi connectivity index (χ4v) is 3.20. The largest absolute Gasteiger partial charge is 0.444 e. The predicted octanol–water partition coefficient (Wildman–Crippen LogP) is 1.53. The lowest BCUT2D eigenvalue weighted by atomic mass is 10.2. The number of amides is 1. The van der Waals surface area contributed by atoms with Crippen LogP contribution in [0.5, 0.6) is 0 Å². The minimum atomic E-state index is -4.05. The molecule has 1 aromatic carbocycles. The molecule has 0 unspecified atom stereocenters. The summed E-state index contributed by atoms with van der Waals surface area (Å²) in [6.45, 7) is 6.90. The number of primary sulfonamides is 1. The third kappa shape index (κ3) is 4.57. The smallest absolute Gasteiger partial charge is 0.410 e. The average Bonchev–Trinajstić information content (AvgIpc) is 2.44. The molecule has 0 saturated carbocycles. The monoisotopic (exact) mass is 359 g/mol. The number of ether oxygens (including phenoxy) is 1. The normalized spacial score (nSPS) is 16.2. The molecule has 2 N–H and O–H groups in total. The van der Waals surface area contributed by atoms with E-state index in [1.165, 1.54) is 12.1 Å². The van der Waals surface area contributed by atoms with Crippen LogP contribution >= 0.6 is 0 Å². The van der Waals surface area contributed by atoms with E-state index in [2.05, 4.69) is 0 Å². The molecule has 9 heteroatoms. The first-order valence-corrected chi connectivity index (χ1v) is 9.07. The Labute approximate surface area is 141 Å². The van der Waals surface area contributed by atoms with Crippen molar-refractivity contribution in [3.8, 4) is 0 Å². The highest BCUT2D eigenvalue weighted by atomic mass is 32.2. The summed E-state index contributed by atoms with van der Waals surface area (Å²) in [5.41, 5.74) is -0.242. The van der Waals surface area contributed by atoms with Gasteiger partial charge in [-0.2, -0.15) is 0 Å². The van der Waals surface area contributed by atoms with E-state index in [4.69, 9.17) is 9.88 Å². The van der Waals surface area contributed by atoms with E-state index in [0.717, 1.165) is 6.07 Å². The summed E-state index contributed by atoms with van der Waals surface area (Å²) >= 11 is 0. The second-order valence-corrected chi connectivity index (χ2v) is 8.14. The first-order chi connectivity index (χ1) is 11.0. The molecule has 1 saturated heterocycles. The number of anilines is 1. The van der Waals surface area contributed by atoms with Crippen molar-refractivity contribution in [1.82, 2.24) is 4.90 Å². The Morgan fingerprint density at radius 1 is 1.21 bits per heavy atom. The van der Waals surface area contributed by atoms with Crippen LogP contribution in [-0.4, -0.2) is 51.2 Å². The number of benzene rings is 1. The summed E-state index contributed by atoms with van der Waals surface area (Å²) in [5, 5.41) is 5.17. The lowest BCUT2D eigenvalue weighted by Gasteiger charge is -2.37. The molecule has 0 bridgehead atoms. The van der Waals surface area contributed by atoms with Crippen LogP contribution in [-0.2, 0) is 14.8 Å². The maximum atomic E-state index is 13.4. The zero-order chi connectivity index (χ0) is 18.1. The Bertz CT molecular complexity index is 723. The van der Waals surface area contributed by atoms with Gasteiger partial charge in [-0.1, -0.05) is 0 Å². The molecule has 24 heavy (non-hydrogen) atoms. The Morgan fingerprint density at radius 3 is 2.29 bits per heavy atom. The number of rotatable bonds is 2. The number of piperazine rings is 1. The number of sulfonamides is 1. The summed E-state index contributed by atoms with van der Waals surface area (Å²) in [6.07, 6.45) is -0.409. The van der Waals surface area contributed by atoms with Gasteiger partial charge in [0, 0.05) is 26.2 Å². The van der Waals surface area contributed by atoms with Crippen LogP contribution in [0, 0.1) is 5.82 Å². The third-order valence-corrected chi connectivity index (χ3v) is 4.44. The van der Waals surface area contributed by atoms with Crippen molar-refractivity contribution in [3.63, 3.8) is 0 Å². The summed E-state index contributed by atoms with van der Waals surface area (Å²) in [6, 6.07) is 3.48. The summed E-state index contributed by atoms with van der Waals surface area (Å²) in [4.78, 5) is 15.1. The summed E-state index contributed by atoms with van der Waals surface area (Å²) in [5.74, 6) is -0.671. The molecular formula is C15H22FN3O4S. The zero-order valence-electron chi connectivity index (χ0n) is 14.0. The molecule has 0 radical (unpaired) electrons. The molecule has 2 rings (SSSR count). The van der Waals surface area contributed by atoms with Gasteiger partial charge in [-0.15, -0.1) is 0 Å². The molecule has 0 spiro atoms. The molecule has 134 valence electrons. The van der Waals surface area contributed by atoms with Crippen LogP contribution in [0.4, 0.5) is 14.9 Å². The zero-order valence-corrected chi connectivity index (χ0v) is 14.8. The van der Waals surface area contributed by atoms with Gasteiger partial charge in [-0.05, 0) is 39.0 Å². The number of halogens is 1. The van der Waals surface area contributed by atoms with Gasteiger partial charge in [0.15, 0.2) is 0 Å². The van der Waals surface area contributed by atoms with Crippen molar-refractivity contribution in [3.05, 3.63) is 24.0 Å². The molecule has 1 aromatic rings. The lowest BCUT2D eigenvalue weighted by Crippen LogP contribution is -2.50. The highest BCUT2D eigenvalue weighted by molar-refractivity contribution is 7.89. The van der Waals surface area contributed by atoms with Crippen LogP contribution in [0.1, 0.15) is 20.8 Å². The van der Waals surface area contributed by atoms with Gasteiger partial charge in [-0.25, -0.2) is 22.7 Å². The second-order valence-electron chi connectivity index (χ2n) is 6.61. The van der Waals surface area contributed by atoms with Crippen molar-refractivity contribution in [2.45, 2.75) is 31.3 Å². The highest BCUT2D eigenvalue weighted by Gasteiger charge is 2.28. The maximum absolute atomic E-state index is 13.4. The summed E-state index contributed by atoms with van der Waals surface area (Å²) < 4.78 is 42.0. The van der Waals surface area contributed by atoms with E-state index < -0.39 is 27.5 Å². The van der Waals surface area contributed by atoms with Crippen LogP contribution in [0.3, 0.4) is 0 Å². The van der Waals surface area contributed by atoms with E-state index in [0.29, 0.717) is 31.9 Å². The lowest BCUT2D eigenvalue weighted by molar-refractivity contribution is 0.0240. The molecule has 1 fully saturated rings. The maximum Gasteiger partial charge on any atom is 0.410 e. The Hall–Kier alpha value is -1.87. The van der Waals surface area contributed by atoms with E-state index in [9.17, 15) is 17.6 Å². The molecule has 7 nitrogen and oxygen atoms in total. The molecule has 1 amide bonds. The highest BCUT2D eigenvalue weighted by Crippen LogP contribution is 2.26. The minimum absolute atomic E-state index is 0.256. The fourth-order valence-electron chi connectivity index (χ4n) is 2.43. The molecule has 0 aromatic heterocycles. The van der Waals surface area contributed by atoms with Crippen molar-refractivity contribution >= 4 is 21.8 Å². The number of carbonyl (C=O) groups is 1. The van der Waals surface area contributed by atoms with Crippen LogP contribution < -0.4 is 10.0 Å². The molecule has 1 heterocycles. The molecule has 1 aliphatic rings. The van der Waals surface area contributed by atoms with Crippen molar-refractivity contribution in [1.29, 1.82) is 0 Å². The van der Waals surface area contributed by atoms with Crippen LogP contribution in [0.25, 0.3) is 0 Å². The molecule has 0 atom stereocenters. The molecule has 1 aliphatic heterocycles. The third-order valence-electron chi connectivity index (χ3n) is 3.50. The van der Waals surface area contributed by atoms with E-state index in [1.807, 2.05) is 0 Å². The standard InChI is InChI=1S/C15H22FN3O4S/c1-15(2,3)23-14(20)19-8-6-18(7-9-19)12-5-4-11(16)10-13(12)24(17,21)22/h4-5,10H,6-9H2,1-3H3,(H2,17,21,22). The second kappa shape index (κ2) is 6.56. The number of hydrogen-bond acceptors (Lipinski definition) is 5. The number of nitrogens with zero attached hydrogens (tertiary/aromatic N) is 2. The van der Waals surface area contributed by atoms with Crippen molar-refractivity contribution < 1.29 is 22.3 Å². The van der Waals surface area contributed by atoms with Crippen LogP contribution in [0.15, 0.2) is 23.1 Å². The first kappa shape index (κ1) is 18.5. The molecular weight excluding hydrogens is 337 g/mol. The SMILES string of the molecule is CC(C)(C)OC(=O)N1CCN(c2ccc(F)cc2S(N)(=O)=O)CC1.